The van der Waals surface area contributed by atoms with E-state index in [0.717, 1.165) is 62.5 Å². The summed E-state index contributed by atoms with van der Waals surface area (Å²) in [5.41, 5.74) is 1.52. The zero-order valence-corrected chi connectivity index (χ0v) is 21.3. The lowest BCUT2D eigenvalue weighted by molar-refractivity contribution is -0.142. The van der Waals surface area contributed by atoms with Gasteiger partial charge in [-0.1, -0.05) is 36.4 Å². The summed E-state index contributed by atoms with van der Waals surface area (Å²) in [5, 5.41) is 0. The summed E-state index contributed by atoms with van der Waals surface area (Å²) in [7, 11) is 3.80. The summed E-state index contributed by atoms with van der Waals surface area (Å²) in [6.45, 7) is 1.92. The van der Waals surface area contributed by atoms with Crippen molar-refractivity contribution < 1.29 is 23.1 Å². The van der Waals surface area contributed by atoms with Crippen molar-refractivity contribution in [2.45, 2.75) is 43.9 Å². The highest BCUT2D eigenvalue weighted by Crippen LogP contribution is 2.40. The number of rotatable bonds is 6. The predicted molar refractivity (Wildman–Crippen MR) is 137 cm³/mol. The molecule has 3 aliphatic rings. The number of halogens is 2. The zero-order valence-electron chi connectivity index (χ0n) is 21.3. The number of hydrogen-bond donors (Lipinski definition) is 0. The van der Waals surface area contributed by atoms with Gasteiger partial charge in [-0.15, -0.1) is 0 Å². The maximum absolute atomic E-state index is 14.6. The van der Waals surface area contributed by atoms with E-state index >= 15 is 0 Å². The van der Waals surface area contributed by atoms with E-state index in [2.05, 4.69) is 11.9 Å². The topological polar surface area (TPSA) is 53.1 Å². The van der Waals surface area contributed by atoms with Crippen molar-refractivity contribution in [2.24, 2.45) is 5.92 Å². The number of likely N-dealkylation sites (tertiary alicyclic amines) is 1. The van der Waals surface area contributed by atoms with Gasteiger partial charge in [0.05, 0.1) is 6.04 Å². The molecule has 0 N–H and O–H groups in total. The monoisotopic (exact) mass is 509 g/mol. The average molecular weight is 510 g/mol. The van der Waals surface area contributed by atoms with Gasteiger partial charge in [0.1, 0.15) is 11.6 Å². The molecular formula is C29H33F2N3O3. The maximum Gasteiger partial charge on any atom is 0.410 e. The fourth-order valence-corrected chi connectivity index (χ4v) is 5.31. The van der Waals surface area contributed by atoms with E-state index in [1.807, 2.05) is 36.4 Å². The minimum absolute atomic E-state index is 0.0336. The molecule has 6 nitrogen and oxygen atoms in total. The summed E-state index contributed by atoms with van der Waals surface area (Å²) in [5.74, 6) is -1.42. The van der Waals surface area contributed by atoms with Gasteiger partial charge >= 0.3 is 6.09 Å². The number of hydrogen-bond acceptors (Lipinski definition) is 4. The molecule has 0 aromatic heterocycles. The van der Waals surface area contributed by atoms with Crippen LogP contribution in [0.3, 0.4) is 0 Å². The molecule has 2 fully saturated rings. The largest absolute Gasteiger partial charge is 0.436 e. The van der Waals surface area contributed by atoms with Crippen LogP contribution in [0.4, 0.5) is 13.6 Å². The van der Waals surface area contributed by atoms with Crippen LogP contribution in [0.25, 0.3) is 5.57 Å². The molecule has 37 heavy (non-hydrogen) atoms. The minimum atomic E-state index is -0.905. The Bertz CT molecular complexity index is 1180. The number of amides is 2. The van der Waals surface area contributed by atoms with Crippen LogP contribution in [-0.4, -0.2) is 72.6 Å². The first-order valence-corrected chi connectivity index (χ1v) is 13.0. The van der Waals surface area contributed by atoms with Crippen molar-refractivity contribution in [3.05, 3.63) is 77.4 Å². The van der Waals surface area contributed by atoms with Gasteiger partial charge in [0.2, 0.25) is 0 Å². The van der Waals surface area contributed by atoms with Crippen molar-refractivity contribution in [1.29, 1.82) is 0 Å². The van der Waals surface area contributed by atoms with Crippen molar-refractivity contribution in [2.75, 3.05) is 33.7 Å². The van der Waals surface area contributed by atoms with E-state index in [0.29, 0.717) is 5.57 Å². The van der Waals surface area contributed by atoms with Crippen LogP contribution in [0.1, 0.15) is 42.9 Å². The van der Waals surface area contributed by atoms with E-state index in [-0.39, 0.29) is 30.0 Å². The van der Waals surface area contributed by atoms with Crippen molar-refractivity contribution >= 4 is 17.6 Å². The number of ether oxygens (including phenoxy) is 1. The van der Waals surface area contributed by atoms with Gasteiger partial charge < -0.3 is 19.4 Å². The van der Waals surface area contributed by atoms with Gasteiger partial charge in [-0.25, -0.2) is 13.6 Å². The SMILES string of the molecule is CN1CCC(N(C)C(=O)O[C@H](C(=O)N2CC(c3cc(F)ccc3F)=C[C@H]2c2ccccc2)C2CC2)CC1. The lowest BCUT2D eigenvalue weighted by Gasteiger charge is -2.35. The Labute approximate surface area is 216 Å². The first-order valence-electron chi connectivity index (χ1n) is 13.0. The van der Waals surface area contributed by atoms with Gasteiger partial charge in [0.15, 0.2) is 6.10 Å². The van der Waals surface area contributed by atoms with Gasteiger partial charge in [0.25, 0.3) is 5.91 Å². The Morgan fingerprint density at radius 2 is 1.73 bits per heavy atom. The summed E-state index contributed by atoms with van der Waals surface area (Å²) in [6, 6.07) is 12.4. The van der Waals surface area contributed by atoms with Gasteiger partial charge in [-0.05, 0) is 75.2 Å². The van der Waals surface area contributed by atoms with Crippen molar-refractivity contribution in [1.82, 2.24) is 14.7 Å². The Balaban J connectivity index is 1.38. The third-order valence-corrected chi connectivity index (χ3v) is 7.78. The lowest BCUT2D eigenvalue weighted by Crippen LogP contribution is -2.48. The Morgan fingerprint density at radius 1 is 1.03 bits per heavy atom. The highest BCUT2D eigenvalue weighted by atomic mass is 19.1. The molecule has 2 aliphatic heterocycles. The second-order valence-corrected chi connectivity index (χ2v) is 10.4. The quantitative estimate of drug-likeness (QED) is 0.558. The molecule has 2 aromatic carbocycles. The van der Waals surface area contributed by atoms with Gasteiger partial charge in [-0.3, -0.25) is 4.79 Å². The molecule has 2 amide bonds. The molecule has 0 spiro atoms. The lowest BCUT2D eigenvalue weighted by atomic mass is 10.0. The molecule has 0 bridgehead atoms. The van der Waals surface area contributed by atoms with Crippen LogP contribution in [0.5, 0.6) is 0 Å². The highest BCUT2D eigenvalue weighted by molar-refractivity contribution is 5.88. The van der Waals surface area contributed by atoms with Crippen LogP contribution in [-0.2, 0) is 9.53 Å². The van der Waals surface area contributed by atoms with Crippen LogP contribution in [0.15, 0.2) is 54.6 Å². The van der Waals surface area contributed by atoms with Crippen molar-refractivity contribution in [3.63, 3.8) is 0 Å². The first kappa shape index (κ1) is 25.4. The van der Waals surface area contributed by atoms with E-state index < -0.39 is 29.9 Å². The molecule has 1 saturated heterocycles. The number of piperidine rings is 1. The molecule has 2 heterocycles. The summed E-state index contributed by atoms with van der Waals surface area (Å²) < 4.78 is 34.5. The Hall–Kier alpha value is -3.26. The first-order chi connectivity index (χ1) is 17.8. The van der Waals surface area contributed by atoms with E-state index in [9.17, 15) is 18.4 Å². The van der Waals surface area contributed by atoms with Crippen LogP contribution >= 0.6 is 0 Å². The van der Waals surface area contributed by atoms with Crippen LogP contribution in [0.2, 0.25) is 0 Å². The maximum atomic E-state index is 14.6. The summed E-state index contributed by atoms with van der Waals surface area (Å²) in [6.07, 6.45) is 3.76. The number of benzene rings is 2. The van der Waals surface area contributed by atoms with Gasteiger partial charge in [-0.2, -0.15) is 0 Å². The summed E-state index contributed by atoms with van der Waals surface area (Å²) >= 11 is 0. The number of carbonyl (C=O) groups is 2. The molecule has 196 valence electrons. The third-order valence-electron chi connectivity index (χ3n) is 7.78. The molecule has 1 aliphatic carbocycles. The molecule has 0 radical (unpaired) electrons. The Kier molecular flexibility index (Phi) is 7.29. The zero-order chi connectivity index (χ0) is 26.1. The molecule has 0 unspecified atom stereocenters. The Morgan fingerprint density at radius 3 is 2.41 bits per heavy atom. The molecule has 1 saturated carbocycles. The molecule has 2 atom stereocenters. The normalized spacial score (nSPS) is 21.5. The molecular weight excluding hydrogens is 476 g/mol. The third kappa shape index (κ3) is 5.54. The van der Waals surface area contributed by atoms with Crippen LogP contribution in [0, 0.1) is 17.6 Å². The predicted octanol–water partition coefficient (Wildman–Crippen LogP) is 4.87. The molecule has 5 rings (SSSR count). The van der Waals surface area contributed by atoms with E-state index in [4.69, 9.17) is 4.74 Å². The second-order valence-electron chi connectivity index (χ2n) is 10.4. The standard InChI is InChI=1S/C29H33F2N3O3/c1-32-14-12-23(13-15-32)33(2)29(36)37-27(20-8-9-20)28(35)34-18-21(24-17-22(30)10-11-25(24)31)16-26(34)19-6-4-3-5-7-19/h3-7,10-11,16-17,20,23,26-27H,8-9,12-15,18H2,1-2H3/t26-,27-/m0/s1. The smallest absolute Gasteiger partial charge is 0.410 e. The highest BCUT2D eigenvalue weighted by Gasteiger charge is 2.45. The molecule has 2 aromatic rings. The molecule has 8 heteroatoms. The average Bonchev–Trinajstić information content (AvgIpc) is 3.66. The van der Waals surface area contributed by atoms with E-state index in [1.54, 1.807) is 16.8 Å². The van der Waals surface area contributed by atoms with Gasteiger partial charge in [0, 0.05) is 31.1 Å². The number of carbonyl (C=O) groups excluding carboxylic acids is 2. The van der Waals surface area contributed by atoms with Crippen LogP contribution < -0.4 is 0 Å². The summed E-state index contributed by atoms with van der Waals surface area (Å²) in [4.78, 5) is 32.5. The minimum Gasteiger partial charge on any atom is -0.436 e. The van der Waals surface area contributed by atoms with Crippen molar-refractivity contribution in [3.8, 4) is 0 Å². The fourth-order valence-electron chi connectivity index (χ4n) is 5.31. The number of nitrogens with zero attached hydrogens (tertiary/aromatic N) is 3. The fraction of sp³-hybridized carbons (Fsp3) is 0.448. The second kappa shape index (κ2) is 10.6. The van der Waals surface area contributed by atoms with E-state index in [1.165, 1.54) is 0 Å².